The number of amides is 1. The summed E-state index contributed by atoms with van der Waals surface area (Å²) in [5, 5.41) is 4.14. The summed E-state index contributed by atoms with van der Waals surface area (Å²) in [4.78, 5) is 15.4. The summed E-state index contributed by atoms with van der Waals surface area (Å²) in [6.07, 6.45) is 2.32. The van der Waals surface area contributed by atoms with Gasteiger partial charge in [0.15, 0.2) is 11.5 Å². The Balaban J connectivity index is 0.00000300. The molecule has 0 fully saturated rings. The molecule has 1 aromatic heterocycles. The Kier molecular flexibility index (Phi) is 8.36. The number of carbonyl (C=O) groups is 1. The number of para-hydroxylation sites is 1. The Labute approximate surface area is 177 Å². The monoisotopic (exact) mass is 417 g/mol. The zero-order valence-electron chi connectivity index (χ0n) is 16.7. The molecule has 0 aliphatic carbocycles. The molecule has 3 rings (SSSR count). The average Bonchev–Trinajstić information content (AvgIpc) is 3.13. The van der Waals surface area contributed by atoms with E-state index in [1.54, 1.807) is 7.11 Å². The average molecular weight is 418 g/mol. The van der Waals surface area contributed by atoms with Crippen LogP contribution in [0.25, 0.3) is 10.9 Å². The van der Waals surface area contributed by atoms with E-state index in [0.29, 0.717) is 37.6 Å². The zero-order chi connectivity index (χ0) is 19.9. The number of carbonyl (C=O) groups excluding carboxylic acids is 1. The molecule has 4 N–H and O–H groups in total. The van der Waals surface area contributed by atoms with E-state index in [1.807, 2.05) is 49.5 Å². The molecule has 0 radical (unpaired) electrons. The smallest absolute Gasteiger partial charge is 0.221 e. The number of hydrogen-bond acceptors (Lipinski definition) is 4. The van der Waals surface area contributed by atoms with Crippen molar-refractivity contribution in [2.75, 3.05) is 26.8 Å². The van der Waals surface area contributed by atoms with Crippen molar-refractivity contribution in [2.45, 2.75) is 19.3 Å². The van der Waals surface area contributed by atoms with Gasteiger partial charge in [0, 0.05) is 42.5 Å². The van der Waals surface area contributed by atoms with Gasteiger partial charge in [-0.1, -0.05) is 24.3 Å². The van der Waals surface area contributed by atoms with Crippen LogP contribution in [-0.4, -0.2) is 37.7 Å². The number of aromatic amines is 1. The maximum absolute atomic E-state index is 12.0. The lowest BCUT2D eigenvalue weighted by Gasteiger charge is -2.20. The molecule has 29 heavy (non-hydrogen) atoms. The fourth-order valence-electron chi connectivity index (χ4n) is 3.40. The molecule has 0 saturated heterocycles. The molecule has 1 heterocycles. The molecule has 3 aromatic rings. The molecule has 0 bridgehead atoms. The zero-order valence-corrected chi connectivity index (χ0v) is 17.6. The number of aromatic nitrogens is 1. The lowest BCUT2D eigenvalue weighted by molar-refractivity contribution is -0.120. The van der Waals surface area contributed by atoms with Gasteiger partial charge in [-0.3, -0.25) is 4.79 Å². The van der Waals surface area contributed by atoms with Crippen LogP contribution < -0.4 is 20.5 Å². The lowest BCUT2D eigenvalue weighted by Crippen LogP contribution is -2.30. The summed E-state index contributed by atoms with van der Waals surface area (Å²) in [7, 11) is 1.63. The number of ether oxygens (including phenoxy) is 2. The highest BCUT2D eigenvalue weighted by Crippen LogP contribution is 2.35. The Bertz CT molecular complexity index is 942. The van der Waals surface area contributed by atoms with E-state index in [0.717, 1.165) is 22.0 Å². The van der Waals surface area contributed by atoms with Crippen molar-refractivity contribution in [2.24, 2.45) is 5.73 Å². The van der Waals surface area contributed by atoms with Gasteiger partial charge in [0.05, 0.1) is 13.7 Å². The van der Waals surface area contributed by atoms with Crippen LogP contribution in [0.2, 0.25) is 0 Å². The highest BCUT2D eigenvalue weighted by molar-refractivity contribution is 5.85. The summed E-state index contributed by atoms with van der Waals surface area (Å²) < 4.78 is 11.2. The fraction of sp³-hybridized carbons (Fsp3) is 0.318. The van der Waals surface area contributed by atoms with Gasteiger partial charge >= 0.3 is 0 Å². The molecule has 6 nitrogen and oxygen atoms in total. The first-order valence-corrected chi connectivity index (χ1v) is 9.51. The number of H-pyrrole nitrogens is 1. The van der Waals surface area contributed by atoms with Gasteiger partial charge in [-0.25, -0.2) is 0 Å². The van der Waals surface area contributed by atoms with Crippen LogP contribution in [0.5, 0.6) is 11.5 Å². The number of nitrogens with one attached hydrogen (secondary N) is 2. The van der Waals surface area contributed by atoms with Gasteiger partial charge in [0.25, 0.3) is 0 Å². The van der Waals surface area contributed by atoms with Crippen LogP contribution >= 0.6 is 12.4 Å². The Hall–Kier alpha value is -2.70. The molecule has 156 valence electrons. The SMILES string of the molecule is CCOc1ccc(C(CNC(=O)CCN)c2c[nH]c3ccccc23)cc1OC.Cl. The molecule has 7 heteroatoms. The molecular formula is C22H28ClN3O3. The second kappa shape index (κ2) is 10.7. The van der Waals surface area contributed by atoms with E-state index in [4.69, 9.17) is 15.2 Å². The first kappa shape index (κ1) is 22.6. The van der Waals surface area contributed by atoms with E-state index < -0.39 is 0 Å². The van der Waals surface area contributed by atoms with E-state index in [-0.39, 0.29) is 24.2 Å². The first-order chi connectivity index (χ1) is 13.7. The second-order valence-electron chi connectivity index (χ2n) is 6.53. The topological polar surface area (TPSA) is 89.4 Å². The molecule has 0 spiro atoms. The first-order valence-electron chi connectivity index (χ1n) is 9.51. The number of fused-ring (bicyclic) bond motifs is 1. The van der Waals surface area contributed by atoms with Crippen molar-refractivity contribution in [1.82, 2.24) is 10.3 Å². The van der Waals surface area contributed by atoms with E-state index in [9.17, 15) is 4.79 Å². The van der Waals surface area contributed by atoms with Gasteiger partial charge in [-0.05, 0) is 36.2 Å². The van der Waals surface area contributed by atoms with Crippen molar-refractivity contribution in [3.05, 3.63) is 59.8 Å². The number of benzene rings is 2. The van der Waals surface area contributed by atoms with Gasteiger partial charge in [-0.2, -0.15) is 0 Å². The van der Waals surface area contributed by atoms with Crippen molar-refractivity contribution >= 4 is 29.2 Å². The van der Waals surface area contributed by atoms with Crippen molar-refractivity contribution in [1.29, 1.82) is 0 Å². The van der Waals surface area contributed by atoms with Gasteiger partial charge in [0.1, 0.15) is 0 Å². The Morgan fingerprint density at radius 2 is 2.00 bits per heavy atom. The van der Waals surface area contributed by atoms with Crippen LogP contribution in [0.3, 0.4) is 0 Å². The summed E-state index contributed by atoms with van der Waals surface area (Å²) in [6.45, 7) is 3.31. The molecule has 0 aliphatic rings. The number of nitrogens with two attached hydrogens (primary N) is 1. The molecule has 1 unspecified atom stereocenters. The Morgan fingerprint density at radius 3 is 2.72 bits per heavy atom. The minimum absolute atomic E-state index is 0. The molecule has 1 amide bonds. The van der Waals surface area contributed by atoms with Crippen molar-refractivity contribution in [3.8, 4) is 11.5 Å². The molecule has 0 saturated carbocycles. The third kappa shape index (κ3) is 5.22. The molecular weight excluding hydrogens is 390 g/mol. The fourth-order valence-corrected chi connectivity index (χ4v) is 3.40. The summed E-state index contributed by atoms with van der Waals surface area (Å²) in [6, 6.07) is 14.1. The maximum atomic E-state index is 12.0. The predicted octanol–water partition coefficient (Wildman–Crippen LogP) is 3.59. The van der Waals surface area contributed by atoms with E-state index in [1.165, 1.54) is 0 Å². The minimum atomic E-state index is -0.0507. The third-order valence-corrected chi connectivity index (χ3v) is 4.76. The second-order valence-corrected chi connectivity index (χ2v) is 6.53. The van der Waals surface area contributed by atoms with Gasteiger partial charge < -0.3 is 25.5 Å². The minimum Gasteiger partial charge on any atom is -0.493 e. The summed E-state index contributed by atoms with van der Waals surface area (Å²) in [5.74, 6) is 1.30. The normalized spacial score (nSPS) is 11.6. The van der Waals surface area contributed by atoms with E-state index >= 15 is 0 Å². The summed E-state index contributed by atoms with van der Waals surface area (Å²) >= 11 is 0. The van der Waals surface area contributed by atoms with Crippen LogP contribution in [0.1, 0.15) is 30.4 Å². The largest absolute Gasteiger partial charge is 0.493 e. The third-order valence-electron chi connectivity index (χ3n) is 4.76. The van der Waals surface area contributed by atoms with Gasteiger partial charge in [0.2, 0.25) is 5.91 Å². The Morgan fingerprint density at radius 1 is 1.21 bits per heavy atom. The molecule has 1 atom stereocenters. The van der Waals surface area contributed by atoms with Crippen LogP contribution in [0, 0.1) is 0 Å². The van der Waals surface area contributed by atoms with Crippen LogP contribution in [0.15, 0.2) is 48.7 Å². The number of rotatable bonds is 9. The number of hydrogen-bond donors (Lipinski definition) is 3. The van der Waals surface area contributed by atoms with Crippen molar-refractivity contribution in [3.63, 3.8) is 0 Å². The maximum Gasteiger partial charge on any atom is 0.221 e. The van der Waals surface area contributed by atoms with Crippen LogP contribution in [0.4, 0.5) is 0 Å². The standard InChI is InChI=1S/C22H27N3O3.ClH/c1-3-28-20-9-8-15(12-21(20)27-2)17(13-25-22(26)10-11-23)18-14-24-19-7-5-4-6-16(18)19;/h4-9,12,14,17,24H,3,10-11,13,23H2,1-2H3,(H,25,26);1H. The molecule has 2 aromatic carbocycles. The summed E-state index contributed by atoms with van der Waals surface area (Å²) in [5.41, 5.74) is 8.73. The molecule has 0 aliphatic heterocycles. The number of halogens is 1. The van der Waals surface area contributed by atoms with Crippen LogP contribution in [-0.2, 0) is 4.79 Å². The quantitative estimate of drug-likeness (QED) is 0.496. The predicted molar refractivity (Wildman–Crippen MR) is 118 cm³/mol. The number of methoxy groups -OCH3 is 1. The van der Waals surface area contributed by atoms with Gasteiger partial charge in [-0.15, -0.1) is 12.4 Å². The highest BCUT2D eigenvalue weighted by Gasteiger charge is 2.20. The highest BCUT2D eigenvalue weighted by atomic mass is 35.5. The van der Waals surface area contributed by atoms with Crippen molar-refractivity contribution < 1.29 is 14.3 Å². The lowest BCUT2D eigenvalue weighted by atomic mass is 9.90. The van der Waals surface area contributed by atoms with E-state index in [2.05, 4.69) is 16.4 Å².